The summed E-state index contributed by atoms with van der Waals surface area (Å²) in [6.07, 6.45) is 2.09. The summed E-state index contributed by atoms with van der Waals surface area (Å²) in [5.74, 6) is 0.535. The van der Waals surface area contributed by atoms with Crippen molar-refractivity contribution in [1.29, 1.82) is 0 Å². The van der Waals surface area contributed by atoms with Crippen molar-refractivity contribution in [1.82, 2.24) is 9.55 Å². The van der Waals surface area contributed by atoms with Crippen LogP contribution < -0.4 is 11.2 Å². The van der Waals surface area contributed by atoms with Gasteiger partial charge < -0.3 is 9.16 Å². The number of ether oxygens (including phenoxy) is 1. The number of aromatic nitrogens is 2. The SMILES string of the molecule is CC[C@H]1O[C@@H](n2ccc(NOC)nc2=O)C(C)(O[Si](C)(C)C)[C@H]1C. The Morgan fingerprint density at radius 2 is 2.12 bits per heavy atom. The van der Waals surface area contributed by atoms with Crippen LogP contribution in [0.25, 0.3) is 0 Å². The number of hydrogen-bond acceptors (Lipinski definition) is 6. The van der Waals surface area contributed by atoms with Crippen molar-refractivity contribution in [3.8, 4) is 0 Å². The first-order valence-corrected chi connectivity index (χ1v) is 11.8. The molecule has 4 atom stereocenters. The maximum Gasteiger partial charge on any atom is 0.351 e. The fourth-order valence-corrected chi connectivity index (χ4v) is 4.97. The smallest absolute Gasteiger partial charge is 0.351 e. The first-order chi connectivity index (χ1) is 11.1. The van der Waals surface area contributed by atoms with Gasteiger partial charge in [0.15, 0.2) is 20.4 Å². The monoisotopic (exact) mass is 355 g/mol. The third kappa shape index (κ3) is 3.71. The fourth-order valence-electron chi connectivity index (χ4n) is 3.36. The van der Waals surface area contributed by atoms with Gasteiger partial charge in [-0.1, -0.05) is 13.8 Å². The summed E-state index contributed by atoms with van der Waals surface area (Å²) in [6.45, 7) is 12.7. The van der Waals surface area contributed by atoms with Gasteiger partial charge in [-0.15, -0.1) is 0 Å². The van der Waals surface area contributed by atoms with Gasteiger partial charge >= 0.3 is 5.69 Å². The minimum absolute atomic E-state index is 0.0417. The second-order valence-electron chi connectivity index (χ2n) is 7.43. The molecule has 136 valence electrons. The van der Waals surface area contributed by atoms with E-state index < -0.39 is 25.8 Å². The minimum Gasteiger partial charge on any atom is -0.407 e. The standard InChI is InChI=1S/C16H29N3O4Si/c1-8-12-11(2)16(3,23-24(5,6)7)14(22-12)19-10-9-13(18-21-4)17-15(19)20/h9-12,14H,8H2,1-7H3,(H,17,18,20)/t11-,12+,14+,16?/m0/s1. The molecular formula is C16H29N3O4Si. The molecule has 0 amide bonds. The van der Waals surface area contributed by atoms with E-state index in [1.807, 2.05) is 6.92 Å². The van der Waals surface area contributed by atoms with Crippen molar-refractivity contribution < 1.29 is 14.0 Å². The molecule has 2 rings (SSSR count). The second-order valence-corrected chi connectivity index (χ2v) is 11.9. The van der Waals surface area contributed by atoms with E-state index in [9.17, 15) is 4.79 Å². The van der Waals surface area contributed by atoms with Gasteiger partial charge in [-0.05, 0) is 39.1 Å². The Labute approximate surface area is 144 Å². The lowest BCUT2D eigenvalue weighted by Crippen LogP contribution is -2.49. The third-order valence-corrected chi connectivity index (χ3v) is 5.53. The van der Waals surface area contributed by atoms with Crippen LogP contribution in [0.5, 0.6) is 0 Å². The average Bonchev–Trinajstić information content (AvgIpc) is 2.70. The molecule has 1 aliphatic heterocycles. The first kappa shape index (κ1) is 19.1. The highest BCUT2D eigenvalue weighted by Crippen LogP contribution is 2.46. The maximum atomic E-state index is 12.5. The lowest BCUT2D eigenvalue weighted by molar-refractivity contribution is -0.0778. The zero-order valence-corrected chi connectivity index (χ0v) is 16.6. The molecule has 0 radical (unpaired) electrons. The van der Waals surface area contributed by atoms with Crippen molar-refractivity contribution in [2.24, 2.45) is 5.92 Å². The molecule has 0 spiro atoms. The summed E-state index contributed by atoms with van der Waals surface area (Å²) < 4.78 is 14.3. The van der Waals surface area contributed by atoms with Gasteiger partial charge in [-0.25, -0.2) is 10.3 Å². The van der Waals surface area contributed by atoms with E-state index in [2.05, 4.69) is 44.0 Å². The largest absolute Gasteiger partial charge is 0.407 e. The summed E-state index contributed by atoms with van der Waals surface area (Å²) >= 11 is 0. The molecular weight excluding hydrogens is 326 g/mol. The van der Waals surface area contributed by atoms with Gasteiger partial charge in [0.25, 0.3) is 0 Å². The Kier molecular flexibility index (Phi) is 5.53. The number of hydrogen-bond donors (Lipinski definition) is 1. The summed E-state index contributed by atoms with van der Waals surface area (Å²) in [7, 11) is -0.371. The Morgan fingerprint density at radius 1 is 1.46 bits per heavy atom. The van der Waals surface area contributed by atoms with Gasteiger partial charge in [0.2, 0.25) is 0 Å². The molecule has 1 aromatic heterocycles. The molecule has 7 nitrogen and oxygen atoms in total. The van der Waals surface area contributed by atoms with Crippen molar-refractivity contribution in [3.05, 3.63) is 22.7 Å². The zero-order valence-electron chi connectivity index (χ0n) is 15.6. The lowest BCUT2D eigenvalue weighted by atomic mass is 9.87. The van der Waals surface area contributed by atoms with Crippen LogP contribution >= 0.6 is 0 Å². The second kappa shape index (κ2) is 6.95. The lowest BCUT2D eigenvalue weighted by Gasteiger charge is -2.39. The van der Waals surface area contributed by atoms with Crippen molar-refractivity contribution in [3.63, 3.8) is 0 Å². The van der Waals surface area contributed by atoms with Gasteiger partial charge in [0, 0.05) is 12.1 Å². The van der Waals surface area contributed by atoms with Gasteiger partial charge in [0.1, 0.15) is 5.60 Å². The minimum atomic E-state index is -1.84. The molecule has 1 aliphatic rings. The van der Waals surface area contributed by atoms with Crippen molar-refractivity contribution in [2.75, 3.05) is 12.6 Å². The predicted molar refractivity (Wildman–Crippen MR) is 95.3 cm³/mol. The van der Waals surface area contributed by atoms with E-state index >= 15 is 0 Å². The van der Waals surface area contributed by atoms with E-state index in [1.54, 1.807) is 12.3 Å². The van der Waals surface area contributed by atoms with Crippen LogP contribution in [0.15, 0.2) is 17.1 Å². The van der Waals surface area contributed by atoms with Crippen LogP contribution in [-0.4, -0.2) is 36.7 Å². The summed E-state index contributed by atoms with van der Waals surface area (Å²) in [4.78, 5) is 21.3. The fraction of sp³-hybridized carbons (Fsp3) is 0.750. The molecule has 0 saturated carbocycles. The van der Waals surface area contributed by atoms with E-state index in [0.29, 0.717) is 5.82 Å². The molecule has 1 saturated heterocycles. The molecule has 1 fully saturated rings. The van der Waals surface area contributed by atoms with Crippen LogP contribution in [0.4, 0.5) is 5.82 Å². The zero-order chi connectivity index (χ0) is 18.1. The highest BCUT2D eigenvalue weighted by Gasteiger charge is 2.54. The summed E-state index contributed by atoms with van der Waals surface area (Å²) in [6, 6.07) is 1.69. The highest BCUT2D eigenvalue weighted by atomic mass is 28.4. The van der Waals surface area contributed by atoms with E-state index in [-0.39, 0.29) is 12.0 Å². The Hall–Kier alpha value is -1.22. The third-order valence-electron chi connectivity index (χ3n) is 4.47. The molecule has 0 bridgehead atoms. The topological polar surface area (TPSA) is 74.6 Å². The van der Waals surface area contributed by atoms with E-state index in [1.165, 1.54) is 11.7 Å². The highest BCUT2D eigenvalue weighted by molar-refractivity contribution is 6.69. The average molecular weight is 356 g/mol. The van der Waals surface area contributed by atoms with Crippen molar-refractivity contribution >= 4 is 14.1 Å². The molecule has 8 heteroatoms. The molecule has 1 unspecified atom stereocenters. The number of nitrogens with one attached hydrogen (secondary N) is 1. The van der Waals surface area contributed by atoms with Crippen LogP contribution in [0, 0.1) is 5.92 Å². The van der Waals surface area contributed by atoms with Crippen molar-refractivity contribution in [2.45, 2.75) is 64.8 Å². The molecule has 1 N–H and O–H groups in total. The quantitative estimate of drug-likeness (QED) is 0.625. The maximum absolute atomic E-state index is 12.5. The van der Waals surface area contributed by atoms with Crippen LogP contribution in [0.1, 0.15) is 33.4 Å². The van der Waals surface area contributed by atoms with Gasteiger partial charge in [-0.2, -0.15) is 4.98 Å². The number of anilines is 1. The van der Waals surface area contributed by atoms with Gasteiger partial charge in [-0.3, -0.25) is 9.40 Å². The molecule has 0 aliphatic carbocycles. The summed E-state index contributed by atoms with van der Waals surface area (Å²) in [5, 5.41) is 0. The Balaban J connectivity index is 2.44. The summed E-state index contributed by atoms with van der Waals surface area (Å²) in [5.41, 5.74) is 1.60. The molecule has 0 aromatic carbocycles. The molecule has 24 heavy (non-hydrogen) atoms. The van der Waals surface area contributed by atoms with Crippen LogP contribution in [-0.2, 0) is 14.0 Å². The van der Waals surface area contributed by atoms with E-state index in [4.69, 9.17) is 14.0 Å². The van der Waals surface area contributed by atoms with E-state index in [0.717, 1.165) is 6.42 Å². The normalized spacial score (nSPS) is 30.5. The molecule has 1 aromatic rings. The van der Waals surface area contributed by atoms with Crippen LogP contribution in [0.2, 0.25) is 19.6 Å². The van der Waals surface area contributed by atoms with Crippen LogP contribution in [0.3, 0.4) is 0 Å². The Morgan fingerprint density at radius 3 is 2.62 bits per heavy atom. The number of rotatable bonds is 6. The molecule has 2 heterocycles. The Bertz CT molecular complexity index is 630. The first-order valence-electron chi connectivity index (χ1n) is 8.36. The number of nitrogens with zero attached hydrogens (tertiary/aromatic N) is 2. The van der Waals surface area contributed by atoms with Gasteiger partial charge in [0.05, 0.1) is 13.2 Å². The predicted octanol–water partition coefficient (Wildman–Crippen LogP) is 2.77.